The second-order valence-corrected chi connectivity index (χ2v) is 7.70. The van der Waals surface area contributed by atoms with Crippen LogP contribution in [-0.4, -0.2) is 13.4 Å². The van der Waals surface area contributed by atoms with E-state index in [9.17, 15) is 17.2 Å². The smallest absolute Gasteiger partial charge is 0.243 e. The van der Waals surface area contributed by atoms with Gasteiger partial charge in [-0.05, 0) is 59.7 Å². The molecule has 0 radical (unpaired) electrons. The molecule has 8 heteroatoms. The monoisotopic (exact) mass is 384 g/mol. The SMILES string of the molecule is NS(=O)(=O)c1ccc(C2=C(c3cnc(Cl)c(C(F)F)c3)CCC2)cc1. The van der Waals surface area contributed by atoms with E-state index in [4.69, 9.17) is 16.7 Å². The maximum Gasteiger partial charge on any atom is 0.266 e. The van der Waals surface area contributed by atoms with Crippen molar-refractivity contribution in [1.29, 1.82) is 0 Å². The molecule has 4 nitrogen and oxygen atoms in total. The summed E-state index contributed by atoms with van der Waals surface area (Å²) in [5.74, 6) is 0. The Morgan fingerprint density at radius 1 is 1.08 bits per heavy atom. The van der Waals surface area contributed by atoms with Gasteiger partial charge in [0.05, 0.1) is 10.5 Å². The first-order valence-electron chi connectivity index (χ1n) is 7.56. The molecule has 0 saturated carbocycles. The molecule has 0 amide bonds. The van der Waals surface area contributed by atoms with Crippen LogP contribution in [0.1, 0.15) is 42.4 Å². The van der Waals surface area contributed by atoms with E-state index < -0.39 is 16.4 Å². The summed E-state index contributed by atoms with van der Waals surface area (Å²) in [6.07, 6.45) is 1.19. The van der Waals surface area contributed by atoms with Crippen LogP contribution in [0.4, 0.5) is 8.78 Å². The van der Waals surface area contributed by atoms with Crippen LogP contribution in [0.2, 0.25) is 5.15 Å². The lowest BCUT2D eigenvalue weighted by atomic mass is 9.97. The van der Waals surface area contributed by atoms with Crippen LogP contribution >= 0.6 is 11.6 Å². The first kappa shape index (κ1) is 18.0. The fourth-order valence-corrected chi connectivity index (χ4v) is 3.71. The Bertz CT molecular complexity index is 942. The number of nitrogens with zero attached hydrogens (tertiary/aromatic N) is 1. The number of allylic oxidation sites excluding steroid dienone is 2. The number of halogens is 3. The molecule has 25 heavy (non-hydrogen) atoms. The molecule has 0 fully saturated rings. The first-order chi connectivity index (χ1) is 11.8. The van der Waals surface area contributed by atoms with Gasteiger partial charge in [0.2, 0.25) is 10.0 Å². The van der Waals surface area contributed by atoms with Crippen molar-refractivity contribution in [2.24, 2.45) is 5.14 Å². The molecule has 1 aromatic carbocycles. The van der Waals surface area contributed by atoms with Crippen LogP contribution in [-0.2, 0) is 10.0 Å². The zero-order valence-corrected chi connectivity index (χ0v) is 14.6. The molecule has 0 bridgehead atoms. The third-order valence-corrected chi connectivity index (χ3v) is 5.44. The zero-order valence-electron chi connectivity index (χ0n) is 13.0. The van der Waals surface area contributed by atoms with Crippen LogP contribution < -0.4 is 5.14 Å². The van der Waals surface area contributed by atoms with Gasteiger partial charge in [0.25, 0.3) is 6.43 Å². The van der Waals surface area contributed by atoms with E-state index >= 15 is 0 Å². The molecule has 2 aromatic rings. The van der Waals surface area contributed by atoms with Crippen molar-refractivity contribution in [3.63, 3.8) is 0 Å². The molecular formula is C17H15ClF2N2O2S. The van der Waals surface area contributed by atoms with Crippen molar-refractivity contribution < 1.29 is 17.2 Å². The highest BCUT2D eigenvalue weighted by molar-refractivity contribution is 7.89. The van der Waals surface area contributed by atoms with Crippen LogP contribution in [0.25, 0.3) is 11.1 Å². The molecule has 0 atom stereocenters. The number of alkyl halides is 2. The summed E-state index contributed by atoms with van der Waals surface area (Å²) in [5, 5.41) is 4.91. The lowest BCUT2D eigenvalue weighted by Gasteiger charge is -2.11. The summed E-state index contributed by atoms with van der Waals surface area (Å²) in [7, 11) is -3.75. The maximum absolute atomic E-state index is 13.1. The number of nitrogens with two attached hydrogens (primary N) is 1. The van der Waals surface area contributed by atoms with E-state index in [0.29, 0.717) is 5.56 Å². The molecule has 0 spiro atoms. The Morgan fingerprint density at radius 3 is 2.24 bits per heavy atom. The summed E-state index contributed by atoms with van der Waals surface area (Å²) in [6, 6.07) is 7.62. The molecule has 1 aliphatic rings. The van der Waals surface area contributed by atoms with Gasteiger partial charge < -0.3 is 0 Å². The van der Waals surface area contributed by atoms with Gasteiger partial charge in [-0.15, -0.1) is 0 Å². The summed E-state index contributed by atoms with van der Waals surface area (Å²) < 4.78 is 48.8. The molecule has 1 aliphatic carbocycles. The number of hydrogen-bond donors (Lipinski definition) is 1. The number of hydrogen-bond acceptors (Lipinski definition) is 3. The van der Waals surface area contributed by atoms with Gasteiger partial charge in [-0.2, -0.15) is 0 Å². The molecule has 2 N–H and O–H groups in total. The first-order valence-corrected chi connectivity index (χ1v) is 9.49. The molecule has 0 aliphatic heterocycles. The van der Waals surface area contributed by atoms with Gasteiger partial charge in [0.15, 0.2) is 0 Å². The highest BCUT2D eigenvalue weighted by Gasteiger charge is 2.21. The molecule has 1 aromatic heterocycles. The Labute approximate surface area is 149 Å². The number of rotatable bonds is 4. The van der Waals surface area contributed by atoms with E-state index in [1.54, 1.807) is 12.1 Å². The van der Waals surface area contributed by atoms with E-state index in [0.717, 1.165) is 36.0 Å². The minimum atomic E-state index is -3.75. The number of pyridine rings is 1. The highest BCUT2D eigenvalue weighted by Crippen LogP contribution is 2.41. The predicted octanol–water partition coefficient (Wildman–Crippen LogP) is 4.41. The van der Waals surface area contributed by atoms with Gasteiger partial charge in [0, 0.05) is 6.20 Å². The standard InChI is InChI=1S/C17H15ClF2N2O2S/c18-16-15(17(19)20)8-11(9-22-16)14-3-1-2-13(14)10-4-6-12(7-5-10)25(21,23)24/h4-9,17H,1-3H2,(H2,21,23,24). The normalized spacial score (nSPS) is 15.2. The molecular weight excluding hydrogens is 370 g/mol. The Kier molecular flexibility index (Phi) is 4.90. The van der Waals surface area contributed by atoms with Gasteiger partial charge in [-0.1, -0.05) is 23.7 Å². The van der Waals surface area contributed by atoms with Gasteiger partial charge in [-0.3, -0.25) is 0 Å². The van der Waals surface area contributed by atoms with Crippen LogP contribution in [0.5, 0.6) is 0 Å². The largest absolute Gasteiger partial charge is 0.266 e. The fourth-order valence-electron chi connectivity index (χ4n) is 3.01. The second kappa shape index (κ2) is 6.82. The van der Waals surface area contributed by atoms with Gasteiger partial charge in [-0.25, -0.2) is 27.3 Å². The van der Waals surface area contributed by atoms with Crippen molar-refractivity contribution >= 4 is 32.8 Å². The lowest BCUT2D eigenvalue weighted by Crippen LogP contribution is -2.11. The van der Waals surface area contributed by atoms with E-state index in [1.165, 1.54) is 24.4 Å². The predicted molar refractivity (Wildman–Crippen MR) is 92.7 cm³/mol. The molecule has 132 valence electrons. The minimum Gasteiger partial charge on any atom is -0.243 e. The highest BCUT2D eigenvalue weighted by atomic mass is 35.5. The molecule has 1 heterocycles. The van der Waals surface area contributed by atoms with Crippen LogP contribution in [0, 0.1) is 0 Å². The second-order valence-electron chi connectivity index (χ2n) is 5.78. The van der Waals surface area contributed by atoms with E-state index in [2.05, 4.69) is 4.98 Å². The fraction of sp³-hybridized carbons (Fsp3) is 0.235. The quantitative estimate of drug-likeness (QED) is 0.793. The van der Waals surface area contributed by atoms with Gasteiger partial charge >= 0.3 is 0 Å². The van der Waals surface area contributed by atoms with E-state index in [-0.39, 0.29) is 15.6 Å². The number of sulfonamides is 1. The zero-order chi connectivity index (χ0) is 18.2. The Balaban J connectivity index is 2.05. The van der Waals surface area contributed by atoms with Crippen molar-refractivity contribution in [1.82, 2.24) is 4.98 Å². The lowest BCUT2D eigenvalue weighted by molar-refractivity contribution is 0.151. The molecule has 3 rings (SSSR count). The Hall–Kier alpha value is -1.83. The summed E-state index contributed by atoms with van der Waals surface area (Å²) >= 11 is 5.74. The number of benzene rings is 1. The van der Waals surface area contributed by atoms with Crippen molar-refractivity contribution in [3.05, 3.63) is 58.4 Å². The number of aromatic nitrogens is 1. The maximum atomic E-state index is 13.1. The van der Waals surface area contributed by atoms with Crippen molar-refractivity contribution in [2.75, 3.05) is 0 Å². The van der Waals surface area contributed by atoms with Crippen LogP contribution in [0.15, 0.2) is 41.4 Å². The van der Waals surface area contributed by atoms with Crippen LogP contribution in [0.3, 0.4) is 0 Å². The summed E-state index contributed by atoms with van der Waals surface area (Å²) in [5.41, 5.74) is 3.08. The Morgan fingerprint density at radius 2 is 1.68 bits per heavy atom. The molecule has 0 saturated heterocycles. The van der Waals surface area contributed by atoms with Crippen molar-refractivity contribution in [3.8, 4) is 0 Å². The summed E-state index contributed by atoms with van der Waals surface area (Å²) in [4.78, 5) is 3.91. The average molecular weight is 385 g/mol. The van der Waals surface area contributed by atoms with Gasteiger partial charge in [0.1, 0.15) is 5.15 Å². The third-order valence-electron chi connectivity index (χ3n) is 4.20. The third kappa shape index (κ3) is 3.73. The summed E-state index contributed by atoms with van der Waals surface area (Å²) in [6.45, 7) is 0. The topological polar surface area (TPSA) is 73.1 Å². The minimum absolute atomic E-state index is 0.0320. The van der Waals surface area contributed by atoms with E-state index in [1.807, 2.05) is 0 Å². The number of primary sulfonamides is 1. The van der Waals surface area contributed by atoms with Crippen molar-refractivity contribution in [2.45, 2.75) is 30.6 Å². The average Bonchev–Trinajstić information content (AvgIpc) is 3.04. The molecule has 0 unspecified atom stereocenters.